The molecule has 2 aliphatic rings. The summed E-state index contributed by atoms with van der Waals surface area (Å²) in [5.41, 5.74) is 0. The van der Waals surface area contributed by atoms with Crippen molar-refractivity contribution in [2.45, 2.75) is 73.6 Å². The average Bonchev–Trinajstić information content (AvgIpc) is 2.75. The SMILES string of the molecule is C.C.CC1CC1.CC1CCCCC1. The zero-order valence-electron chi connectivity index (χ0n) is 8.10. The molecule has 0 heterocycles. The van der Waals surface area contributed by atoms with Gasteiger partial charge in [0.15, 0.2) is 0 Å². The molecule has 0 radical (unpaired) electrons. The topological polar surface area (TPSA) is 0 Å². The van der Waals surface area contributed by atoms with Crippen molar-refractivity contribution in [3.05, 3.63) is 0 Å². The normalized spacial score (nSPS) is 21.7. The van der Waals surface area contributed by atoms with E-state index in [-0.39, 0.29) is 14.9 Å². The molecule has 2 fully saturated rings. The van der Waals surface area contributed by atoms with Crippen LogP contribution in [0.3, 0.4) is 0 Å². The maximum absolute atomic E-state index is 2.36. The Hall–Kier alpha value is 0. The molecule has 0 nitrogen and oxygen atoms in total. The molecule has 0 aromatic heterocycles. The van der Waals surface area contributed by atoms with Gasteiger partial charge >= 0.3 is 0 Å². The van der Waals surface area contributed by atoms with Crippen molar-refractivity contribution in [2.24, 2.45) is 11.8 Å². The van der Waals surface area contributed by atoms with E-state index in [1.165, 1.54) is 44.9 Å². The number of hydrogen-bond donors (Lipinski definition) is 0. The van der Waals surface area contributed by atoms with E-state index in [0.29, 0.717) is 0 Å². The molecule has 0 spiro atoms. The van der Waals surface area contributed by atoms with Crippen molar-refractivity contribution < 1.29 is 0 Å². The summed E-state index contributed by atoms with van der Waals surface area (Å²) >= 11 is 0. The molecule has 0 unspecified atom stereocenters. The van der Waals surface area contributed by atoms with Gasteiger partial charge < -0.3 is 0 Å². The molecule has 0 N–H and O–H groups in total. The highest BCUT2D eigenvalue weighted by Gasteiger charge is 2.12. The predicted molar refractivity (Wildman–Crippen MR) is 64.1 cm³/mol. The van der Waals surface area contributed by atoms with Gasteiger partial charge in [-0.1, -0.05) is 73.6 Å². The Labute approximate surface area is 86.1 Å². The molecule has 0 bridgehead atoms. The molecule has 2 rings (SSSR count). The molecule has 0 atom stereocenters. The van der Waals surface area contributed by atoms with Gasteiger partial charge in [-0.05, 0) is 11.8 Å². The Morgan fingerprint density at radius 2 is 1.00 bits per heavy atom. The van der Waals surface area contributed by atoms with Gasteiger partial charge in [0.2, 0.25) is 0 Å². The summed E-state index contributed by atoms with van der Waals surface area (Å²) < 4.78 is 0. The molecular weight excluding hydrogens is 156 g/mol. The van der Waals surface area contributed by atoms with E-state index in [0.717, 1.165) is 11.8 Å². The van der Waals surface area contributed by atoms with Crippen LogP contribution >= 0.6 is 0 Å². The second kappa shape index (κ2) is 8.59. The van der Waals surface area contributed by atoms with Gasteiger partial charge in [-0.2, -0.15) is 0 Å². The summed E-state index contributed by atoms with van der Waals surface area (Å²) in [6.45, 7) is 4.64. The fourth-order valence-corrected chi connectivity index (χ4v) is 1.47. The van der Waals surface area contributed by atoms with Crippen molar-refractivity contribution in [1.82, 2.24) is 0 Å². The third-order valence-electron chi connectivity index (χ3n) is 2.76. The smallest absolute Gasteiger partial charge is 0.0443 e. The summed E-state index contributed by atoms with van der Waals surface area (Å²) in [5, 5.41) is 0. The number of hydrogen-bond acceptors (Lipinski definition) is 0. The molecule has 0 aromatic rings. The summed E-state index contributed by atoms with van der Waals surface area (Å²) in [7, 11) is 0. The lowest BCUT2D eigenvalue weighted by Crippen LogP contribution is -1.99. The van der Waals surface area contributed by atoms with E-state index < -0.39 is 0 Å². The van der Waals surface area contributed by atoms with Crippen molar-refractivity contribution >= 4 is 0 Å². The molecule has 2 saturated carbocycles. The second-order valence-corrected chi connectivity index (χ2v) is 4.43. The minimum atomic E-state index is 0. The van der Waals surface area contributed by atoms with Crippen molar-refractivity contribution in [1.29, 1.82) is 0 Å². The molecule has 2 aliphatic carbocycles. The Bertz CT molecular complexity index is 86.2. The van der Waals surface area contributed by atoms with E-state index >= 15 is 0 Å². The van der Waals surface area contributed by atoms with E-state index in [1.54, 1.807) is 0 Å². The van der Waals surface area contributed by atoms with Crippen LogP contribution in [0.15, 0.2) is 0 Å². The van der Waals surface area contributed by atoms with Crippen molar-refractivity contribution in [3.63, 3.8) is 0 Å². The Morgan fingerprint density at radius 3 is 1.15 bits per heavy atom. The van der Waals surface area contributed by atoms with Gasteiger partial charge in [0, 0.05) is 0 Å². The molecule has 0 amide bonds. The largest absolute Gasteiger partial charge is 0.0776 e. The summed E-state index contributed by atoms with van der Waals surface area (Å²) in [5.74, 6) is 2.12. The first-order valence-corrected chi connectivity index (χ1v) is 5.29. The van der Waals surface area contributed by atoms with Crippen LogP contribution in [0.2, 0.25) is 0 Å². The zero-order valence-corrected chi connectivity index (χ0v) is 8.10. The first kappa shape index (κ1) is 15.5. The van der Waals surface area contributed by atoms with E-state index in [2.05, 4.69) is 13.8 Å². The van der Waals surface area contributed by atoms with Gasteiger partial charge in [-0.25, -0.2) is 0 Å². The molecule has 0 saturated heterocycles. The van der Waals surface area contributed by atoms with Crippen LogP contribution < -0.4 is 0 Å². The zero-order chi connectivity index (χ0) is 8.10. The molecule has 0 aromatic carbocycles. The van der Waals surface area contributed by atoms with Crippen LogP contribution in [0.1, 0.15) is 73.6 Å². The highest BCUT2D eigenvalue weighted by atomic mass is 14.2. The third-order valence-corrected chi connectivity index (χ3v) is 2.76. The third kappa shape index (κ3) is 9.92. The first-order chi connectivity index (χ1) is 5.29. The molecule has 82 valence electrons. The number of rotatable bonds is 0. The first-order valence-electron chi connectivity index (χ1n) is 5.29. The lowest BCUT2D eigenvalue weighted by molar-refractivity contribution is 0.385. The second-order valence-electron chi connectivity index (χ2n) is 4.43. The van der Waals surface area contributed by atoms with Crippen LogP contribution in [0.4, 0.5) is 0 Å². The van der Waals surface area contributed by atoms with Crippen LogP contribution in [-0.4, -0.2) is 0 Å². The highest BCUT2D eigenvalue weighted by molar-refractivity contribution is 4.65. The summed E-state index contributed by atoms with van der Waals surface area (Å²) in [6, 6.07) is 0. The van der Waals surface area contributed by atoms with Crippen LogP contribution in [0.5, 0.6) is 0 Å². The standard InChI is InChI=1S/C7H14.C4H8.2CH4/c1-7-5-3-2-4-6-7;1-4-2-3-4;;/h7H,2-6H2,1H3;4H,2-3H2,1H3;2*1H4. The van der Waals surface area contributed by atoms with Crippen LogP contribution in [0.25, 0.3) is 0 Å². The monoisotopic (exact) mass is 186 g/mol. The lowest BCUT2D eigenvalue weighted by atomic mass is 9.91. The van der Waals surface area contributed by atoms with Gasteiger partial charge in [0.1, 0.15) is 0 Å². The highest BCUT2D eigenvalue weighted by Crippen LogP contribution is 2.26. The quantitative estimate of drug-likeness (QED) is 0.483. The molecule has 13 heavy (non-hydrogen) atoms. The maximum atomic E-state index is 2.36. The summed E-state index contributed by atoms with van der Waals surface area (Å²) in [4.78, 5) is 0. The summed E-state index contributed by atoms with van der Waals surface area (Å²) in [6.07, 6.45) is 10.4. The molecule has 0 heteroatoms. The fourth-order valence-electron chi connectivity index (χ4n) is 1.47. The van der Waals surface area contributed by atoms with E-state index in [1.807, 2.05) is 0 Å². The fraction of sp³-hybridized carbons (Fsp3) is 1.00. The molecule has 0 aliphatic heterocycles. The Balaban J connectivity index is 0. The van der Waals surface area contributed by atoms with Gasteiger partial charge in [-0.15, -0.1) is 0 Å². The maximum Gasteiger partial charge on any atom is -0.0443 e. The minimum Gasteiger partial charge on any atom is -0.0776 e. The van der Waals surface area contributed by atoms with Crippen LogP contribution in [0, 0.1) is 11.8 Å². The van der Waals surface area contributed by atoms with Gasteiger partial charge in [-0.3, -0.25) is 0 Å². The van der Waals surface area contributed by atoms with E-state index in [4.69, 9.17) is 0 Å². The van der Waals surface area contributed by atoms with Crippen LogP contribution in [-0.2, 0) is 0 Å². The molecular formula is C13H30. The van der Waals surface area contributed by atoms with Gasteiger partial charge in [0.05, 0.1) is 0 Å². The minimum absolute atomic E-state index is 0. The Morgan fingerprint density at radius 1 is 0.615 bits per heavy atom. The van der Waals surface area contributed by atoms with Crippen molar-refractivity contribution in [2.75, 3.05) is 0 Å². The lowest BCUT2D eigenvalue weighted by Gasteiger charge is -2.15. The average molecular weight is 186 g/mol. The van der Waals surface area contributed by atoms with Gasteiger partial charge in [0.25, 0.3) is 0 Å². The Kier molecular flexibility index (Phi) is 10.2. The van der Waals surface area contributed by atoms with Crippen molar-refractivity contribution in [3.8, 4) is 0 Å². The predicted octanol–water partition coefficient (Wildman–Crippen LogP) is 5.28. The van der Waals surface area contributed by atoms with E-state index in [9.17, 15) is 0 Å².